The number of fused-ring (bicyclic) bond motifs is 1. The number of rotatable bonds is 6. The lowest BCUT2D eigenvalue weighted by molar-refractivity contribution is -0.124. The molecule has 0 bridgehead atoms. The van der Waals surface area contributed by atoms with Gasteiger partial charge in [0.1, 0.15) is 5.58 Å². The van der Waals surface area contributed by atoms with Gasteiger partial charge in [-0.05, 0) is 36.2 Å². The van der Waals surface area contributed by atoms with Crippen LogP contribution in [0.4, 0.5) is 0 Å². The molecule has 3 rings (SSSR count). The van der Waals surface area contributed by atoms with Crippen LogP contribution in [-0.4, -0.2) is 25.0 Å². The van der Waals surface area contributed by atoms with E-state index in [4.69, 9.17) is 20.8 Å². The van der Waals surface area contributed by atoms with Gasteiger partial charge in [-0.15, -0.1) is 0 Å². The fourth-order valence-electron chi connectivity index (χ4n) is 2.50. The molecule has 0 aliphatic heterocycles. The van der Waals surface area contributed by atoms with E-state index in [1.807, 2.05) is 18.2 Å². The Hall–Kier alpha value is -3.12. The summed E-state index contributed by atoms with van der Waals surface area (Å²) in [5, 5.41) is 3.64. The average Bonchev–Trinajstić information content (AvgIpc) is 2.66. The third kappa shape index (κ3) is 4.95. The molecule has 0 saturated heterocycles. The Bertz CT molecular complexity index is 1040. The Morgan fingerprint density at radius 3 is 2.70 bits per heavy atom. The minimum absolute atomic E-state index is 0.245. The molecule has 1 heterocycles. The molecule has 0 radical (unpaired) electrons. The Kier molecular flexibility index (Phi) is 5.88. The molecular formula is C20H16ClNO5. The second kappa shape index (κ2) is 8.51. The van der Waals surface area contributed by atoms with Crippen LogP contribution in [0.15, 0.2) is 63.8 Å². The summed E-state index contributed by atoms with van der Waals surface area (Å²) in [6, 6.07) is 14.9. The van der Waals surface area contributed by atoms with Crippen LogP contribution in [-0.2, 0) is 16.0 Å². The van der Waals surface area contributed by atoms with Crippen molar-refractivity contribution in [2.24, 2.45) is 0 Å². The maximum absolute atomic E-state index is 12.0. The van der Waals surface area contributed by atoms with Gasteiger partial charge in [0.05, 0.1) is 5.39 Å². The van der Waals surface area contributed by atoms with Crippen LogP contribution in [0.5, 0.6) is 0 Å². The van der Waals surface area contributed by atoms with Crippen molar-refractivity contribution in [3.8, 4) is 0 Å². The van der Waals surface area contributed by atoms with E-state index in [0.717, 1.165) is 11.6 Å². The highest BCUT2D eigenvalue weighted by Crippen LogP contribution is 2.12. The molecule has 0 spiro atoms. The van der Waals surface area contributed by atoms with Gasteiger partial charge in [0, 0.05) is 17.6 Å². The predicted molar refractivity (Wildman–Crippen MR) is 101 cm³/mol. The highest BCUT2D eigenvalue weighted by Gasteiger charge is 2.15. The number of para-hydroxylation sites is 1. The number of esters is 1. The van der Waals surface area contributed by atoms with E-state index in [1.165, 1.54) is 0 Å². The number of nitrogens with one attached hydrogen (secondary N) is 1. The van der Waals surface area contributed by atoms with Crippen molar-refractivity contribution in [3.63, 3.8) is 0 Å². The predicted octanol–water partition coefficient (Wildman–Crippen LogP) is 2.96. The van der Waals surface area contributed by atoms with Gasteiger partial charge in [0.15, 0.2) is 12.0 Å². The summed E-state index contributed by atoms with van der Waals surface area (Å²) < 4.78 is 10.3. The highest BCUT2D eigenvalue weighted by atomic mass is 35.5. The van der Waals surface area contributed by atoms with E-state index in [0.29, 0.717) is 23.4 Å². The second-order valence-corrected chi connectivity index (χ2v) is 6.21. The zero-order valence-electron chi connectivity index (χ0n) is 14.2. The number of carbonyl (C=O) groups is 2. The van der Waals surface area contributed by atoms with Gasteiger partial charge >= 0.3 is 5.97 Å². The fourth-order valence-corrected chi connectivity index (χ4v) is 2.71. The number of halogens is 1. The SMILES string of the molecule is O=C(COC(=O)c1cc(=O)c2ccccc2o1)NCCc1cccc(Cl)c1. The lowest BCUT2D eigenvalue weighted by Gasteiger charge is -2.07. The van der Waals surface area contributed by atoms with E-state index in [1.54, 1.807) is 30.3 Å². The number of carbonyl (C=O) groups excluding carboxylic acids is 2. The van der Waals surface area contributed by atoms with Crippen LogP contribution in [0.3, 0.4) is 0 Å². The quantitative estimate of drug-likeness (QED) is 0.659. The normalized spacial score (nSPS) is 10.6. The summed E-state index contributed by atoms with van der Waals surface area (Å²) in [6.07, 6.45) is 0.597. The van der Waals surface area contributed by atoms with Crippen molar-refractivity contribution in [1.29, 1.82) is 0 Å². The van der Waals surface area contributed by atoms with E-state index in [9.17, 15) is 14.4 Å². The Balaban J connectivity index is 1.51. The zero-order chi connectivity index (χ0) is 19.2. The molecule has 3 aromatic rings. The smallest absolute Gasteiger partial charge is 0.374 e. The summed E-state index contributed by atoms with van der Waals surface area (Å²) in [4.78, 5) is 35.8. The number of ether oxygens (including phenoxy) is 1. The molecule has 0 fully saturated rings. The lowest BCUT2D eigenvalue weighted by Crippen LogP contribution is -2.30. The molecule has 27 heavy (non-hydrogen) atoms. The van der Waals surface area contributed by atoms with E-state index in [2.05, 4.69) is 5.32 Å². The molecule has 0 aliphatic rings. The van der Waals surface area contributed by atoms with Gasteiger partial charge < -0.3 is 14.5 Å². The van der Waals surface area contributed by atoms with Gasteiger partial charge in [-0.3, -0.25) is 9.59 Å². The summed E-state index contributed by atoms with van der Waals surface area (Å²) in [5.74, 6) is -1.57. The maximum atomic E-state index is 12.0. The van der Waals surface area contributed by atoms with Gasteiger partial charge in [-0.2, -0.15) is 0 Å². The van der Waals surface area contributed by atoms with Crippen LogP contribution >= 0.6 is 11.6 Å². The van der Waals surface area contributed by atoms with Crippen molar-refractivity contribution >= 4 is 34.4 Å². The third-order valence-electron chi connectivity index (χ3n) is 3.80. The molecule has 0 aliphatic carbocycles. The van der Waals surface area contributed by atoms with Crippen molar-refractivity contribution in [3.05, 3.63) is 81.2 Å². The molecule has 1 N–H and O–H groups in total. The number of hydrogen-bond acceptors (Lipinski definition) is 5. The maximum Gasteiger partial charge on any atom is 0.374 e. The third-order valence-corrected chi connectivity index (χ3v) is 4.03. The minimum Gasteiger partial charge on any atom is -0.450 e. The molecule has 138 valence electrons. The molecule has 7 heteroatoms. The average molecular weight is 386 g/mol. The first kappa shape index (κ1) is 18.7. The van der Waals surface area contributed by atoms with Crippen molar-refractivity contribution in [2.75, 3.05) is 13.2 Å². The minimum atomic E-state index is -0.872. The Labute approximate surface area is 159 Å². The standard InChI is InChI=1S/C20H16ClNO5/c21-14-5-3-4-13(10-14)8-9-22-19(24)12-26-20(25)18-11-16(23)15-6-1-2-7-17(15)27-18/h1-7,10-11H,8-9,12H2,(H,22,24). The molecule has 0 unspecified atom stereocenters. The van der Waals surface area contributed by atoms with Crippen LogP contribution in [0.2, 0.25) is 5.02 Å². The number of amides is 1. The summed E-state index contributed by atoms with van der Waals surface area (Å²) in [5.41, 5.74) is 0.912. The fraction of sp³-hybridized carbons (Fsp3) is 0.150. The molecule has 1 aromatic heterocycles. The first-order valence-corrected chi connectivity index (χ1v) is 8.62. The molecule has 2 aromatic carbocycles. The molecule has 1 amide bonds. The van der Waals surface area contributed by atoms with Gasteiger partial charge in [-0.1, -0.05) is 35.9 Å². The monoisotopic (exact) mass is 385 g/mol. The summed E-state index contributed by atoms with van der Waals surface area (Å²) >= 11 is 5.90. The summed E-state index contributed by atoms with van der Waals surface area (Å²) in [7, 11) is 0. The van der Waals surface area contributed by atoms with Gasteiger partial charge in [0.2, 0.25) is 5.76 Å². The first-order valence-electron chi connectivity index (χ1n) is 8.24. The highest BCUT2D eigenvalue weighted by molar-refractivity contribution is 6.30. The van der Waals surface area contributed by atoms with Crippen molar-refractivity contribution in [1.82, 2.24) is 5.32 Å². The lowest BCUT2D eigenvalue weighted by atomic mass is 10.1. The van der Waals surface area contributed by atoms with Crippen LogP contribution in [0.1, 0.15) is 16.1 Å². The van der Waals surface area contributed by atoms with Crippen LogP contribution < -0.4 is 10.7 Å². The van der Waals surface area contributed by atoms with Gasteiger partial charge in [0.25, 0.3) is 5.91 Å². The molecular weight excluding hydrogens is 370 g/mol. The van der Waals surface area contributed by atoms with Crippen LogP contribution in [0, 0.1) is 0 Å². The van der Waals surface area contributed by atoms with E-state index in [-0.39, 0.29) is 16.8 Å². The largest absolute Gasteiger partial charge is 0.450 e. The van der Waals surface area contributed by atoms with Crippen molar-refractivity contribution < 1.29 is 18.7 Å². The van der Waals surface area contributed by atoms with E-state index < -0.39 is 18.5 Å². The second-order valence-electron chi connectivity index (χ2n) is 5.78. The molecule has 0 atom stereocenters. The Morgan fingerprint density at radius 2 is 1.89 bits per heavy atom. The van der Waals surface area contributed by atoms with Crippen molar-refractivity contribution in [2.45, 2.75) is 6.42 Å². The molecule has 0 saturated carbocycles. The van der Waals surface area contributed by atoms with E-state index >= 15 is 0 Å². The molecule has 6 nitrogen and oxygen atoms in total. The topological polar surface area (TPSA) is 85.6 Å². The van der Waals surface area contributed by atoms with Gasteiger partial charge in [-0.25, -0.2) is 4.79 Å². The number of benzene rings is 2. The zero-order valence-corrected chi connectivity index (χ0v) is 15.0. The Morgan fingerprint density at radius 1 is 1.07 bits per heavy atom. The first-order chi connectivity index (χ1) is 13.0. The number of hydrogen-bond donors (Lipinski definition) is 1. The van der Waals surface area contributed by atoms with Crippen LogP contribution in [0.25, 0.3) is 11.0 Å². The summed E-state index contributed by atoms with van der Waals surface area (Å²) in [6.45, 7) is -0.0906.